The zero-order chi connectivity index (χ0) is 13.8. The van der Waals surface area contributed by atoms with E-state index in [9.17, 15) is 0 Å². The molecule has 2 aliphatic rings. The van der Waals surface area contributed by atoms with Gasteiger partial charge in [0.25, 0.3) is 0 Å². The van der Waals surface area contributed by atoms with E-state index < -0.39 is 0 Å². The lowest BCUT2D eigenvalue weighted by Crippen LogP contribution is -2.34. The van der Waals surface area contributed by atoms with Crippen molar-refractivity contribution >= 4 is 17.4 Å². The smallest absolute Gasteiger partial charge is 0.0411 e. The topological polar surface area (TPSA) is 15.3 Å². The normalized spacial score (nSPS) is 26.4. The van der Waals surface area contributed by atoms with Crippen LogP contribution in [0.3, 0.4) is 0 Å². The van der Waals surface area contributed by atoms with Crippen LogP contribution in [0.15, 0.2) is 24.3 Å². The van der Waals surface area contributed by atoms with Crippen molar-refractivity contribution in [3.05, 3.63) is 29.8 Å². The molecule has 2 atom stereocenters. The van der Waals surface area contributed by atoms with E-state index in [0.29, 0.717) is 6.04 Å². The van der Waals surface area contributed by atoms with E-state index in [-0.39, 0.29) is 0 Å². The molecular weight excluding hydrogens is 264 g/mol. The molecule has 2 unspecified atom stereocenters. The number of hydrogen-bond donors (Lipinski definition) is 1. The van der Waals surface area contributed by atoms with Gasteiger partial charge in [0, 0.05) is 36.6 Å². The Hall–Kier alpha value is -0.670. The molecule has 1 aromatic carbocycles. The van der Waals surface area contributed by atoms with Gasteiger partial charge in [-0.2, -0.15) is 11.8 Å². The molecule has 0 bridgehead atoms. The Bertz CT molecular complexity index is 429. The summed E-state index contributed by atoms with van der Waals surface area (Å²) in [6.07, 6.45) is 9.06. The average Bonchev–Trinajstić information content (AvgIpc) is 3.16. The molecule has 0 amide bonds. The van der Waals surface area contributed by atoms with Gasteiger partial charge < -0.3 is 10.2 Å². The number of anilines is 1. The third-order valence-corrected chi connectivity index (χ3v) is 5.92. The van der Waals surface area contributed by atoms with Crippen LogP contribution in [0.1, 0.15) is 37.7 Å². The van der Waals surface area contributed by atoms with Crippen molar-refractivity contribution in [2.24, 2.45) is 0 Å². The Morgan fingerprint density at radius 1 is 1.15 bits per heavy atom. The number of para-hydroxylation sites is 1. The van der Waals surface area contributed by atoms with Crippen LogP contribution in [-0.2, 0) is 6.54 Å². The lowest BCUT2D eigenvalue weighted by Gasteiger charge is -2.24. The zero-order valence-corrected chi connectivity index (χ0v) is 13.3. The highest BCUT2D eigenvalue weighted by atomic mass is 32.2. The lowest BCUT2D eigenvalue weighted by atomic mass is 10.1. The maximum absolute atomic E-state index is 3.82. The number of nitrogens with zero attached hydrogens (tertiary/aromatic N) is 1. The second kappa shape index (κ2) is 6.86. The summed E-state index contributed by atoms with van der Waals surface area (Å²) in [6, 6.07) is 9.65. The van der Waals surface area contributed by atoms with Gasteiger partial charge in [0.15, 0.2) is 0 Å². The van der Waals surface area contributed by atoms with Gasteiger partial charge in [0.05, 0.1) is 0 Å². The highest BCUT2D eigenvalue weighted by Crippen LogP contribution is 2.29. The largest absolute Gasteiger partial charge is 0.371 e. The first-order valence-electron chi connectivity index (χ1n) is 7.97. The van der Waals surface area contributed by atoms with Crippen molar-refractivity contribution in [2.75, 3.05) is 24.2 Å². The Labute approximate surface area is 127 Å². The van der Waals surface area contributed by atoms with E-state index in [2.05, 4.69) is 40.7 Å². The van der Waals surface area contributed by atoms with E-state index in [1.807, 2.05) is 11.8 Å². The maximum atomic E-state index is 3.82. The van der Waals surface area contributed by atoms with Gasteiger partial charge in [0.1, 0.15) is 0 Å². The molecule has 1 saturated carbocycles. The Kier molecular flexibility index (Phi) is 4.90. The maximum Gasteiger partial charge on any atom is 0.0411 e. The fourth-order valence-corrected chi connectivity index (χ4v) is 4.57. The van der Waals surface area contributed by atoms with Crippen LogP contribution in [0.5, 0.6) is 0 Å². The van der Waals surface area contributed by atoms with Gasteiger partial charge in [-0.25, -0.2) is 0 Å². The van der Waals surface area contributed by atoms with Gasteiger partial charge in [-0.3, -0.25) is 0 Å². The second-order valence-corrected chi connectivity index (χ2v) is 7.09. The van der Waals surface area contributed by atoms with Crippen LogP contribution in [0, 0.1) is 0 Å². The quantitative estimate of drug-likeness (QED) is 0.891. The molecule has 20 heavy (non-hydrogen) atoms. The SMILES string of the molecule is CSC1CCCC1NCc1ccccc1N1CCCC1. The number of rotatable bonds is 5. The summed E-state index contributed by atoms with van der Waals surface area (Å²) >= 11 is 2.03. The summed E-state index contributed by atoms with van der Waals surface area (Å²) in [5, 5.41) is 4.63. The molecule has 0 aromatic heterocycles. The van der Waals surface area contributed by atoms with Crippen molar-refractivity contribution in [3.63, 3.8) is 0 Å². The molecule has 2 fully saturated rings. The molecule has 2 nitrogen and oxygen atoms in total. The zero-order valence-electron chi connectivity index (χ0n) is 12.5. The molecule has 1 aromatic rings. The molecule has 1 heterocycles. The first-order chi connectivity index (χ1) is 9.88. The molecule has 0 radical (unpaired) electrons. The minimum absolute atomic E-state index is 0.705. The summed E-state index contributed by atoms with van der Waals surface area (Å²) in [4.78, 5) is 2.55. The van der Waals surface area contributed by atoms with Crippen molar-refractivity contribution in [2.45, 2.75) is 49.9 Å². The van der Waals surface area contributed by atoms with Crippen molar-refractivity contribution in [3.8, 4) is 0 Å². The van der Waals surface area contributed by atoms with E-state index in [0.717, 1.165) is 11.8 Å². The lowest BCUT2D eigenvalue weighted by molar-refractivity contribution is 0.532. The van der Waals surface area contributed by atoms with Gasteiger partial charge in [-0.05, 0) is 43.6 Å². The van der Waals surface area contributed by atoms with E-state index >= 15 is 0 Å². The standard InChI is InChI=1S/C17H26N2S/c1-20-17-10-6-8-15(17)18-13-14-7-2-3-9-16(14)19-11-4-5-12-19/h2-3,7,9,15,17-18H,4-6,8,10-13H2,1H3. The van der Waals surface area contributed by atoms with Gasteiger partial charge in [-0.15, -0.1) is 0 Å². The first kappa shape index (κ1) is 14.3. The fourth-order valence-electron chi connectivity index (χ4n) is 3.61. The fraction of sp³-hybridized carbons (Fsp3) is 0.647. The summed E-state index contributed by atoms with van der Waals surface area (Å²) < 4.78 is 0. The minimum Gasteiger partial charge on any atom is -0.371 e. The Morgan fingerprint density at radius 2 is 1.95 bits per heavy atom. The molecule has 1 aliphatic carbocycles. The number of nitrogens with one attached hydrogen (secondary N) is 1. The first-order valence-corrected chi connectivity index (χ1v) is 9.26. The van der Waals surface area contributed by atoms with Crippen LogP contribution in [0.2, 0.25) is 0 Å². The van der Waals surface area contributed by atoms with Gasteiger partial charge in [-0.1, -0.05) is 24.6 Å². The predicted octanol–water partition coefficient (Wildman–Crippen LogP) is 3.66. The van der Waals surface area contributed by atoms with Crippen LogP contribution in [-0.4, -0.2) is 30.6 Å². The van der Waals surface area contributed by atoms with E-state index in [4.69, 9.17) is 0 Å². The van der Waals surface area contributed by atoms with Gasteiger partial charge in [0.2, 0.25) is 0 Å². The highest BCUT2D eigenvalue weighted by Gasteiger charge is 2.26. The molecule has 0 spiro atoms. The molecule has 110 valence electrons. The number of hydrogen-bond acceptors (Lipinski definition) is 3. The summed E-state index contributed by atoms with van der Waals surface area (Å²) in [5.41, 5.74) is 2.93. The predicted molar refractivity (Wildman–Crippen MR) is 89.7 cm³/mol. The molecule has 3 rings (SSSR count). The van der Waals surface area contributed by atoms with Crippen molar-refractivity contribution in [1.82, 2.24) is 5.32 Å². The van der Waals surface area contributed by atoms with Crippen LogP contribution >= 0.6 is 11.8 Å². The Morgan fingerprint density at radius 3 is 2.75 bits per heavy atom. The van der Waals surface area contributed by atoms with E-state index in [1.165, 1.54) is 56.4 Å². The second-order valence-electron chi connectivity index (χ2n) is 6.02. The third-order valence-electron chi connectivity index (χ3n) is 4.75. The Balaban J connectivity index is 1.65. The molecule has 1 N–H and O–H groups in total. The molecular formula is C17H26N2S. The van der Waals surface area contributed by atoms with Crippen LogP contribution in [0.25, 0.3) is 0 Å². The van der Waals surface area contributed by atoms with Gasteiger partial charge >= 0.3 is 0 Å². The minimum atomic E-state index is 0.705. The van der Waals surface area contributed by atoms with E-state index in [1.54, 1.807) is 0 Å². The highest BCUT2D eigenvalue weighted by molar-refractivity contribution is 7.99. The third kappa shape index (κ3) is 3.15. The van der Waals surface area contributed by atoms with Crippen molar-refractivity contribution in [1.29, 1.82) is 0 Å². The molecule has 3 heteroatoms. The monoisotopic (exact) mass is 290 g/mol. The number of benzene rings is 1. The molecule has 1 saturated heterocycles. The molecule has 1 aliphatic heterocycles. The van der Waals surface area contributed by atoms with Crippen LogP contribution < -0.4 is 10.2 Å². The average molecular weight is 290 g/mol. The summed E-state index contributed by atoms with van der Waals surface area (Å²) in [5.74, 6) is 0. The van der Waals surface area contributed by atoms with Crippen LogP contribution in [0.4, 0.5) is 5.69 Å². The van der Waals surface area contributed by atoms with Crippen molar-refractivity contribution < 1.29 is 0 Å². The number of thioether (sulfide) groups is 1. The summed E-state index contributed by atoms with van der Waals surface area (Å²) in [6.45, 7) is 3.48. The summed E-state index contributed by atoms with van der Waals surface area (Å²) in [7, 11) is 0.